The average Bonchev–Trinajstić information content (AvgIpc) is 2.16. The first-order valence-electron chi connectivity index (χ1n) is 5.06. The Labute approximate surface area is 112 Å². The zero-order chi connectivity index (χ0) is 13.0. The number of rotatable bonds is 7. The van der Waals surface area contributed by atoms with Gasteiger partial charge in [-0.1, -0.05) is 45.7 Å². The van der Waals surface area contributed by atoms with Gasteiger partial charge in [0.25, 0.3) is 0 Å². The third kappa shape index (κ3) is 3.20. The number of alkyl halides is 2. The van der Waals surface area contributed by atoms with Gasteiger partial charge in [-0.15, -0.1) is 0 Å². The van der Waals surface area contributed by atoms with Crippen LogP contribution in [0.15, 0.2) is 0 Å². The molecule has 0 amide bonds. The molecule has 0 saturated heterocycles. The van der Waals surface area contributed by atoms with Crippen molar-refractivity contribution in [3.63, 3.8) is 0 Å². The SMILES string of the molecule is CCC(CC)(C(=O)O)C(Br)(Br)CCC(=O)O. The Hall–Kier alpha value is -0.100. The van der Waals surface area contributed by atoms with E-state index >= 15 is 0 Å². The van der Waals surface area contributed by atoms with Crippen LogP contribution in [0, 0.1) is 5.41 Å². The highest BCUT2D eigenvalue weighted by Crippen LogP contribution is 2.52. The Morgan fingerprint density at radius 1 is 1.12 bits per heavy atom. The van der Waals surface area contributed by atoms with E-state index in [0.29, 0.717) is 12.8 Å². The summed E-state index contributed by atoms with van der Waals surface area (Å²) >= 11 is 6.66. The summed E-state index contributed by atoms with van der Waals surface area (Å²) in [6, 6.07) is 0. The minimum absolute atomic E-state index is 0.0778. The van der Waals surface area contributed by atoms with Crippen molar-refractivity contribution < 1.29 is 19.8 Å². The van der Waals surface area contributed by atoms with Crippen LogP contribution in [0.25, 0.3) is 0 Å². The van der Waals surface area contributed by atoms with Gasteiger partial charge in [-0.2, -0.15) is 0 Å². The molecule has 4 nitrogen and oxygen atoms in total. The highest BCUT2D eigenvalue weighted by molar-refractivity contribution is 9.25. The normalized spacial score (nSPS) is 12.5. The van der Waals surface area contributed by atoms with Gasteiger partial charge < -0.3 is 10.2 Å². The summed E-state index contributed by atoms with van der Waals surface area (Å²) in [5, 5.41) is 18.0. The van der Waals surface area contributed by atoms with Crippen molar-refractivity contribution in [2.45, 2.75) is 42.8 Å². The molecule has 0 rings (SSSR count). The van der Waals surface area contributed by atoms with Crippen LogP contribution in [0.5, 0.6) is 0 Å². The van der Waals surface area contributed by atoms with Crippen molar-refractivity contribution in [1.82, 2.24) is 0 Å². The van der Waals surface area contributed by atoms with Crippen molar-refractivity contribution in [2.24, 2.45) is 5.41 Å². The number of hydrogen-bond donors (Lipinski definition) is 2. The standard InChI is InChI=1S/C10H16Br2O4/c1-3-9(4-2,8(15)16)10(11,12)6-5-7(13)14/h3-6H2,1-2H3,(H,13,14)(H,15,16). The minimum Gasteiger partial charge on any atom is -0.481 e. The second kappa shape index (κ2) is 6.00. The lowest BCUT2D eigenvalue weighted by Crippen LogP contribution is -2.45. The van der Waals surface area contributed by atoms with Crippen molar-refractivity contribution in [3.05, 3.63) is 0 Å². The molecule has 16 heavy (non-hydrogen) atoms. The van der Waals surface area contributed by atoms with E-state index in [9.17, 15) is 14.7 Å². The summed E-state index contributed by atoms with van der Waals surface area (Å²) in [5.41, 5.74) is -0.998. The van der Waals surface area contributed by atoms with Crippen molar-refractivity contribution in [3.8, 4) is 0 Å². The van der Waals surface area contributed by atoms with Gasteiger partial charge in [-0.05, 0) is 19.3 Å². The van der Waals surface area contributed by atoms with E-state index in [-0.39, 0.29) is 12.8 Å². The predicted octanol–water partition coefficient (Wildman–Crippen LogP) is 3.23. The molecule has 0 unspecified atom stereocenters. The van der Waals surface area contributed by atoms with E-state index < -0.39 is 20.6 Å². The maximum Gasteiger partial charge on any atom is 0.311 e. The summed E-state index contributed by atoms with van der Waals surface area (Å²) < 4.78 is -0.888. The van der Waals surface area contributed by atoms with Gasteiger partial charge in [-0.3, -0.25) is 9.59 Å². The monoisotopic (exact) mass is 358 g/mol. The van der Waals surface area contributed by atoms with Crippen molar-refractivity contribution in [2.75, 3.05) is 0 Å². The number of carboxylic acids is 2. The molecule has 0 bridgehead atoms. The third-order valence-electron chi connectivity index (χ3n) is 2.97. The minimum atomic E-state index is -0.998. The summed E-state index contributed by atoms with van der Waals surface area (Å²) in [6.45, 7) is 3.57. The highest BCUT2D eigenvalue weighted by atomic mass is 79.9. The van der Waals surface area contributed by atoms with Crippen molar-refractivity contribution in [1.29, 1.82) is 0 Å². The summed E-state index contributed by atoms with van der Waals surface area (Å²) in [6.07, 6.45) is 0.992. The molecule has 0 aliphatic rings. The fourth-order valence-electron chi connectivity index (χ4n) is 1.73. The molecule has 0 aromatic rings. The highest BCUT2D eigenvalue weighted by Gasteiger charge is 2.51. The molecule has 0 atom stereocenters. The maximum absolute atomic E-state index is 11.4. The molecule has 0 heterocycles. The molecule has 0 radical (unpaired) electrons. The molecule has 0 spiro atoms. The average molecular weight is 360 g/mol. The Kier molecular flexibility index (Phi) is 5.96. The molecule has 0 aromatic heterocycles. The zero-order valence-corrected chi connectivity index (χ0v) is 12.5. The van der Waals surface area contributed by atoms with Gasteiger partial charge in [0.2, 0.25) is 0 Å². The molecule has 6 heteroatoms. The molecule has 0 fully saturated rings. The number of carbonyl (C=O) groups is 2. The van der Waals surface area contributed by atoms with Crippen LogP contribution in [0.1, 0.15) is 39.5 Å². The first kappa shape index (κ1) is 15.9. The number of hydrogen-bond acceptors (Lipinski definition) is 2. The number of halogens is 2. The molecule has 0 aliphatic heterocycles. The summed E-state index contributed by atoms with van der Waals surface area (Å²) in [4.78, 5) is 21.9. The van der Waals surface area contributed by atoms with Crippen LogP contribution in [-0.4, -0.2) is 25.4 Å². The lowest BCUT2D eigenvalue weighted by atomic mass is 9.77. The van der Waals surface area contributed by atoms with Crippen LogP contribution in [0.2, 0.25) is 0 Å². The predicted molar refractivity (Wildman–Crippen MR) is 68.1 cm³/mol. The Balaban J connectivity index is 5.02. The van der Waals surface area contributed by atoms with E-state index in [0.717, 1.165) is 0 Å². The van der Waals surface area contributed by atoms with E-state index in [4.69, 9.17) is 5.11 Å². The number of aliphatic carboxylic acids is 2. The third-order valence-corrected chi connectivity index (χ3v) is 5.28. The summed E-state index contributed by atoms with van der Waals surface area (Å²) in [5.74, 6) is -1.86. The van der Waals surface area contributed by atoms with Crippen LogP contribution >= 0.6 is 31.9 Å². The van der Waals surface area contributed by atoms with Crippen LogP contribution in [0.3, 0.4) is 0 Å². The molecule has 0 aromatic carbocycles. The topological polar surface area (TPSA) is 74.6 Å². The zero-order valence-electron chi connectivity index (χ0n) is 9.30. The van der Waals surface area contributed by atoms with Gasteiger partial charge in [0.05, 0.1) is 8.65 Å². The fraction of sp³-hybridized carbons (Fsp3) is 0.800. The lowest BCUT2D eigenvalue weighted by molar-refractivity contribution is -0.150. The van der Waals surface area contributed by atoms with Crippen molar-refractivity contribution >= 4 is 43.8 Å². The first-order chi connectivity index (χ1) is 7.23. The van der Waals surface area contributed by atoms with E-state index in [1.807, 2.05) is 0 Å². The molecule has 2 N–H and O–H groups in total. The second-order valence-electron chi connectivity index (χ2n) is 3.69. The van der Waals surface area contributed by atoms with E-state index in [2.05, 4.69) is 31.9 Å². The van der Waals surface area contributed by atoms with Gasteiger partial charge in [0.1, 0.15) is 0 Å². The molecule has 0 aliphatic carbocycles. The first-order valence-corrected chi connectivity index (χ1v) is 6.65. The molecular formula is C10H16Br2O4. The maximum atomic E-state index is 11.4. The van der Waals surface area contributed by atoms with Gasteiger partial charge in [0, 0.05) is 6.42 Å². The smallest absolute Gasteiger partial charge is 0.311 e. The largest absolute Gasteiger partial charge is 0.481 e. The fourth-order valence-corrected chi connectivity index (χ4v) is 3.59. The van der Waals surface area contributed by atoms with Gasteiger partial charge in [-0.25, -0.2) is 0 Å². The summed E-state index contributed by atoms with van der Waals surface area (Å²) in [7, 11) is 0. The lowest BCUT2D eigenvalue weighted by Gasteiger charge is -2.39. The number of carboxylic acid groups (broad SMARTS) is 2. The van der Waals surface area contributed by atoms with Crippen LogP contribution in [0.4, 0.5) is 0 Å². The van der Waals surface area contributed by atoms with Gasteiger partial charge in [0.15, 0.2) is 0 Å². The molecular weight excluding hydrogens is 344 g/mol. The molecule has 94 valence electrons. The van der Waals surface area contributed by atoms with Crippen LogP contribution in [-0.2, 0) is 9.59 Å². The van der Waals surface area contributed by atoms with Crippen LogP contribution < -0.4 is 0 Å². The Morgan fingerprint density at radius 2 is 1.56 bits per heavy atom. The van der Waals surface area contributed by atoms with E-state index in [1.54, 1.807) is 13.8 Å². The Bertz CT molecular complexity index is 272. The van der Waals surface area contributed by atoms with Gasteiger partial charge >= 0.3 is 11.9 Å². The quantitative estimate of drug-likeness (QED) is 0.684. The Morgan fingerprint density at radius 3 is 1.81 bits per heavy atom. The molecule has 0 saturated carbocycles. The van der Waals surface area contributed by atoms with E-state index in [1.165, 1.54) is 0 Å². The second-order valence-corrected chi connectivity index (χ2v) is 7.46.